The van der Waals surface area contributed by atoms with Gasteiger partial charge in [-0.15, -0.1) is 0 Å². The molecule has 1 unspecified atom stereocenters. The number of hydrogen-bond acceptors (Lipinski definition) is 3. The second-order valence-corrected chi connectivity index (χ2v) is 12.2. The maximum Gasteiger partial charge on any atom is 0.155 e. The zero-order valence-corrected chi connectivity index (χ0v) is 19.8. The van der Waals surface area contributed by atoms with Crippen LogP contribution < -0.4 is 0 Å². The van der Waals surface area contributed by atoms with Crippen molar-refractivity contribution in [2.24, 2.45) is 40.4 Å². The molecule has 3 heteroatoms. The summed E-state index contributed by atoms with van der Waals surface area (Å²) in [5.74, 6) is 4.30. The van der Waals surface area contributed by atoms with Gasteiger partial charge in [0.1, 0.15) is 0 Å². The summed E-state index contributed by atoms with van der Waals surface area (Å²) >= 11 is 0. The molecule has 0 aromatic carbocycles. The van der Waals surface area contributed by atoms with Crippen molar-refractivity contribution in [2.45, 2.75) is 104 Å². The molecule has 8 atom stereocenters. The number of rotatable bonds is 6. The Morgan fingerprint density at radius 3 is 2.63 bits per heavy atom. The molecular weight excluding hydrogens is 372 g/mol. The Bertz CT molecular complexity index is 694. The van der Waals surface area contributed by atoms with Gasteiger partial charge in [0.2, 0.25) is 0 Å². The number of aliphatic hydroxyl groups excluding tert-OH is 1. The van der Waals surface area contributed by atoms with Gasteiger partial charge in [-0.3, -0.25) is 4.79 Å². The van der Waals surface area contributed by atoms with Gasteiger partial charge in [-0.2, -0.15) is 0 Å². The lowest BCUT2D eigenvalue weighted by atomic mass is 9.46. The molecule has 4 aliphatic carbocycles. The van der Waals surface area contributed by atoms with E-state index in [1.165, 1.54) is 37.7 Å². The highest BCUT2D eigenvalue weighted by molar-refractivity contribution is 5.91. The Labute approximate surface area is 183 Å². The zero-order chi connectivity index (χ0) is 21.7. The van der Waals surface area contributed by atoms with Crippen LogP contribution in [0, 0.1) is 40.4 Å². The highest BCUT2D eigenvalue weighted by Gasteiger charge is 2.59. The van der Waals surface area contributed by atoms with Gasteiger partial charge in [0.15, 0.2) is 5.78 Å². The molecule has 3 nitrogen and oxygen atoms in total. The lowest BCUT2D eigenvalue weighted by Crippen LogP contribution is -2.51. The van der Waals surface area contributed by atoms with Crippen LogP contribution in [0.15, 0.2) is 11.6 Å². The summed E-state index contributed by atoms with van der Waals surface area (Å²) < 4.78 is 0. The lowest BCUT2D eigenvalue weighted by molar-refractivity contribution is -0.117. The van der Waals surface area contributed by atoms with Crippen molar-refractivity contribution in [1.82, 2.24) is 0 Å². The van der Waals surface area contributed by atoms with Gasteiger partial charge in [-0.05, 0) is 105 Å². The molecular formula is C27H44O3. The van der Waals surface area contributed by atoms with Gasteiger partial charge in [0.05, 0.1) is 12.2 Å². The summed E-state index contributed by atoms with van der Waals surface area (Å²) in [5, 5.41) is 19.5. The highest BCUT2D eigenvalue weighted by Crippen LogP contribution is 2.67. The first-order valence-electron chi connectivity index (χ1n) is 12.7. The molecule has 0 radical (unpaired) electrons. The van der Waals surface area contributed by atoms with Crippen LogP contribution in [0.2, 0.25) is 0 Å². The second kappa shape index (κ2) is 8.03. The van der Waals surface area contributed by atoms with Crippen LogP contribution in [0.1, 0.15) is 98.3 Å². The Morgan fingerprint density at radius 1 is 1.13 bits per heavy atom. The fraction of sp³-hybridized carbons (Fsp3) is 0.889. The van der Waals surface area contributed by atoms with E-state index in [2.05, 4.69) is 20.8 Å². The van der Waals surface area contributed by atoms with Gasteiger partial charge < -0.3 is 10.2 Å². The average molecular weight is 417 g/mol. The Kier molecular flexibility index (Phi) is 6.03. The molecule has 3 saturated carbocycles. The first kappa shape index (κ1) is 22.5. The molecule has 4 rings (SSSR count). The van der Waals surface area contributed by atoms with Crippen LogP contribution in [0.5, 0.6) is 0 Å². The van der Waals surface area contributed by atoms with Crippen LogP contribution in [0.3, 0.4) is 0 Å². The fourth-order valence-corrected chi connectivity index (χ4v) is 8.62. The number of ketones is 1. The number of allylic oxidation sites excluding steroid dienone is 1. The molecule has 0 aromatic heterocycles. The number of carbonyl (C=O) groups is 1. The Hall–Kier alpha value is -0.670. The van der Waals surface area contributed by atoms with E-state index in [1.807, 2.05) is 6.08 Å². The third kappa shape index (κ3) is 3.72. The SMILES string of the molecule is C[C@H](CCCC(C)(O)CO)[C@H]1CC[C@H]2[C@@H]3CCC4=CC(=O)CC[C@]4(C)[C@H]3CC[C@]12C. The van der Waals surface area contributed by atoms with Crippen LogP contribution in [-0.2, 0) is 4.79 Å². The minimum Gasteiger partial charge on any atom is -0.393 e. The summed E-state index contributed by atoms with van der Waals surface area (Å²) in [6, 6.07) is 0. The zero-order valence-electron chi connectivity index (χ0n) is 19.8. The van der Waals surface area contributed by atoms with E-state index in [-0.39, 0.29) is 12.0 Å². The van der Waals surface area contributed by atoms with E-state index in [4.69, 9.17) is 0 Å². The van der Waals surface area contributed by atoms with E-state index in [0.717, 1.165) is 55.8 Å². The van der Waals surface area contributed by atoms with Crippen molar-refractivity contribution in [1.29, 1.82) is 0 Å². The maximum absolute atomic E-state index is 12.0. The minimum absolute atomic E-state index is 0.144. The van der Waals surface area contributed by atoms with E-state index < -0.39 is 5.60 Å². The van der Waals surface area contributed by atoms with Crippen molar-refractivity contribution >= 4 is 5.78 Å². The third-order valence-electron chi connectivity index (χ3n) is 10.4. The fourth-order valence-electron chi connectivity index (χ4n) is 8.62. The third-order valence-corrected chi connectivity index (χ3v) is 10.4. The first-order valence-corrected chi connectivity index (χ1v) is 12.7. The van der Waals surface area contributed by atoms with Gasteiger partial charge in [0.25, 0.3) is 0 Å². The Balaban J connectivity index is 1.45. The normalized spacial score (nSPS) is 43.8. The number of aliphatic hydroxyl groups is 2. The second-order valence-electron chi connectivity index (χ2n) is 12.2. The molecule has 0 bridgehead atoms. The van der Waals surface area contributed by atoms with Crippen LogP contribution in [-0.4, -0.2) is 28.2 Å². The van der Waals surface area contributed by atoms with Crippen molar-refractivity contribution < 1.29 is 15.0 Å². The monoisotopic (exact) mass is 416 g/mol. The van der Waals surface area contributed by atoms with Crippen molar-refractivity contribution in [3.8, 4) is 0 Å². The van der Waals surface area contributed by atoms with Crippen LogP contribution in [0.25, 0.3) is 0 Å². The van der Waals surface area contributed by atoms with Gasteiger partial charge in [-0.25, -0.2) is 0 Å². The topological polar surface area (TPSA) is 57.5 Å². The van der Waals surface area contributed by atoms with E-state index in [0.29, 0.717) is 23.5 Å². The Morgan fingerprint density at radius 2 is 1.90 bits per heavy atom. The van der Waals surface area contributed by atoms with Crippen molar-refractivity contribution in [3.05, 3.63) is 11.6 Å². The molecule has 0 aromatic rings. The predicted octanol–water partition coefficient (Wildman–Crippen LogP) is 5.68. The standard InChI is InChI=1S/C27H44O3/c1-18(6-5-13-25(2,30)17-28)22-9-10-23-21-8-7-19-16-20(29)11-14-26(19,3)24(21)12-15-27(22,23)4/h16,18,21-24,28,30H,5-15,17H2,1-4H3/t18-,21+,22-,23+,24+,25?,26+,27-/m1/s1. The molecule has 0 amide bonds. The summed E-state index contributed by atoms with van der Waals surface area (Å²) in [6.07, 6.45) is 14.6. The summed E-state index contributed by atoms with van der Waals surface area (Å²) in [6.45, 7) is 9.12. The molecule has 2 N–H and O–H groups in total. The maximum atomic E-state index is 12.0. The number of carbonyl (C=O) groups excluding carboxylic acids is 1. The highest BCUT2D eigenvalue weighted by atomic mass is 16.3. The van der Waals surface area contributed by atoms with Crippen molar-refractivity contribution in [3.63, 3.8) is 0 Å². The summed E-state index contributed by atoms with van der Waals surface area (Å²) in [5.41, 5.74) is 1.28. The summed E-state index contributed by atoms with van der Waals surface area (Å²) in [7, 11) is 0. The largest absolute Gasteiger partial charge is 0.393 e. The van der Waals surface area contributed by atoms with E-state index >= 15 is 0 Å². The number of fused-ring (bicyclic) bond motifs is 5. The minimum atomic E-state index is -0.927. The molecule has 30 heavy (non-hydrogen) atoms. The molecule has 0 aliphatic heterocycles. The molecule has 0 heterocycles. The van der Waals surface area contributed by atoms with Gasteiger partial charge in [0, 0.05) is 6.42 Å². The smallest absolute Gasteiger partial charge is 0.155 e. The van der Waals surface area contributed by atoms with Crippen molar-refractivity contribution in [2.75, 3.05) is 6.61 Å². The summed E-state index contributed by atoms with van der Waals surface area (Å²) in [4.78, 5) is 12.0. The molecule has 0 saturated heterocycles. The molecule has 170 valence electrons. The molecule has 3 fully saturated rings. The van der Waals surface area contributed by atoms with Gasteiger partial charge >= 0.3 is 0 Å². The van der Waals surface area contributed by atoms with E-state index in [9.17, 15) is 15.0 Å². The van der Waals surface area contributed by atoms with Crippen LogP contribution in [0.4, 0.5) is 0 Å². The first-order chi connectivity index (χ1) is 14.1. The van der Waals surface area contributed by atoms with E-state index in [1.54, 1.807) is 6.92 Å². The number of hydrogen-bond donors (Lipinski definition) is 2. The predicted molar refractivity (Wildman–Crippen MR) is 121 cm³/mol. The lowest BCUT2D eigenvalue weighted by Gasteiger charge is -2.58. The molecule has 0 spiro atoms. The average Bonchev–Trinajstić information content (AvgIpc) is 3.05. The van der Waals surface area contributed by atoms with Crippen LogP contribution >= 0.6 is 0 Å². The van der Waals surface area contributed by atoms with Gasteiger partial charge in [-0.1, -0.05) is 39.2 Å². The quantitative estimate of drug-likeness (QED) is 0.585. The molecule has 4 aliphatic rings.